The summed E-state index contributed by atoms with van der Waals surface area (Å²) in [6.45, 7) is 5.79. The minimum atomic E-state index is 0.652. The first kappa shape index (κ1) is 13.4. The molecule has 104 valence electrons. The average molecular weight is 297 g/mol. The standard InChI is InChI=1S/C13H19N3OS2/c1-2-14-9-11-12(15-13-16(11)5-8-18-13)19-10-3-6-17-7-4-10/h5,8,10,14H,2-4,6-7,9H2,1H3. The summed E-state index contributed by atoms with van der Waals surface area (Å²) in [6, 6.07) is 0. The maximum atomic E-state index is 5.43. The van der Waals surface area contributed by atoms with Gasteiger partial charge >= 0.3 is 0 Å². The first-order valence-electron chi connectivity index (χ1n) is 6.78. The Kier molecular flexibility index (Phi) is 4.42. The second-order valence-corrected chi connectivity index (χ2v) is 6.79. The van der Waals surface area contributed by atoms with Gasteiger partial charge in [-0.05, 0) is 19.4 Å². The van der Waals surface area contributed by atoms with E-state index < -0.39 is 0 Å². The minimum Gasteiger partial charge on any atom is -0.381 e. The van der Waals surface area contributed by atoms with E-state index in [1.165, 1.54) is 10.7 Å². The summed E-state index contributed by atoms with van der Waals surface area (Å²) < 4.78 is 7.64. The molecule has 0 bridgehead atoms. The topological polar surface area (TPSA) is 38.6 Å². The van der Waals surface area contributed by atoms with Crippen molar-refractivity contribution in [1.29, 1.82) is 0 Å². The van der Waals surface area contributed by atoms with Crippen molar-refractivity contribution in [2.24, 2.45) is 0 Å². The van der Waals surface area contributed by atoms with Crippen LogP contribution in [0.4, 0.5) is 0 Å². The van der Waals surface area contributed by atoms with Crippen LogP contribution in [0.15, 0.2) is 16.6 Å². The highest BCUT2D eigenvalue weighted by molar-refractivity contribution is 7.99. The molecule has 1 aliphatic heterocycles. The summed E-state index contributed by atoms with van der Waals surface area (Å²) in [5, 5.41) is 7.36. The Labute approximate surface area is 121 Å². The van der Waals surface area contributed by atoms with Gasteiger partial charge in [0.25, 0.3) is 0 Å². The van der Waals surface area contributed by atoms with Gasteiger partial charge in [-0.3, -0.25) is 4.40 Å². The van der Waals surface area contributed by atoms with Gasteiger partial charge < -0.3 is 10.1 Å². The number of fused-ring (bicyclic) bond motifs is 1. The lowest BCUT2D eigenvalue weighted by Crippen LogP contribution is -2.18. The molecule has 2 aromatic rings. The Bertz CT molecular complexity index is 531. The largest absolute Gasteiger partial charge is 0.381 e. The zero-order chi connectivity index (χ0) is 13.1. The van der Waals surface area contributed by atoms with Gasteiger partial charge in [0, 0.05) is 36.6 Å². The highest BCUT2D eigenvalue weighted by atomic mass is 32.2. The lowest BCUT2D eigenvalue weighted by Gasteiger charge is -2.21. The zero-order valence-corrected chi connectivity index (χ0v) is 12.7. The number of rotatable bonds is 5. The fourth-order valence-corrected chi connectivity index (χ4v) is 4.24. The van der Waals surface area contributed by atoms with Crippen LogP contribution in [0.25, 0.3) is 4.96 Å². The number of nitrogens with zero attached hydrogens (tertiary/aromatic N) is 2. The van der Waals surface area contributed by atoms with E-state index >= 15 is 0 Å². The third-order valence-corrected chi connectivity index (χ3v) is 5.42. The monoisotopic (exact) mass is 297 g/mol. The highest BCUT2D eigenvalue weighted by Gasteiger charge is 2.20. The van der Waals surface area contributed by atoms with Gasteiger partial charge in [-0.25, -0.2) is 4.98 Å². The Hall–Kier alpha value is -0.560. The molecule has 0 radical (unpaired) electrons. The molecule has 2 aromatic heterocycles. The van der Waals surface area contributed by atoms with Gasteiger partial charge in [-0.1, -0.05) is 6.92 Å². The molecular formula is C13H19N3OS2. The summed E-state index contributed by atoms with van der Waals surface area (Å²) in [4.78, 5) is 5.88. The number of thiazole rings is 1. The van der Waals surface area contributed by atoms with Crippen molar-refractivity contribution >= 4 is 28.1 Å². The summed E-state index contributed by atoms with van der Waals surface area (Å²) in [5.41, 5.74) is 1.30. The van der Waals surface area contributed by atoms with E-state index in [1.807, 2.05) is 11.8 Å². The maximum Gasteiger partial charge on any atom is 0.194 e. The van der Waals surface area contributed by atoms with Crippen LogP contribution < -0.4 is 5.32 Å². The number of ether oxygens (including phenoxy) is 1. The molecule has 0 amide bonds. The van der Waals surface area contributed by atoms with Crippen molar-refractivity contribution < 1.29 is 4.74 Å². The number of hydrogen-bond donors (Lipinski definition) is 1. The Morgan fingerprint density at radius 3 is 3.16 bits per heavy atom. The van der Waals surface area contributed by atoms with Crippen LogP contribution in [0.5, 0.6) is 0 Å². The van der Waals surface area contributed by atoms with Crippen LogP contribution in [0.2, 0.25) is 0 Å². The molecule has 0 saturated carbocycles. The van der Waals surface area contributed by atoms with Crippen molar-refractivity contribution in [3.8, 4) is 0 Å². The smallest absolute Gasteiger partial charge is 0.194 e. The van der Waals surface area contributed by atoms with Crippen LogP contribution in [0.1, 0.15) is 25.5 Å². The quantitative estimate of drug-likeness (QED) is 0.921. The van der Waals surface area contributed by atoms with E-state index in [2.05, 4.69) is 28.2 Å². The second-order valence-electron chi connectivity index (χ2n) is 4.63. The predicted octanol–water partition coefficient (Wildman–Crippen LogP) is 2.78. The van der Waals surface area contributed by atoms with E-state index in [4.69, 9.17) is 9.72 Å². The molecule has 0 atom stereocenters. The van der Waals surface area contributed by atoms with Crippen molar-refractivity contribution in [2.75, 3.05) is 19.8 Å². The molecular weight excluding hydrogens is 278 g/mol. The molecule has 1 N–H and O–H groups in total. The first-order valence-corrected chi connectivity index (χ1v) is 8.54. The number of imidazole rings is 1. The van der Waals surface area contributed by atoms with Crippen LogP contribution >= 0.6 is 23.1 Å². The lowest BCUT2D eigenvalue weighted by molar-refractivity contribution is 0.1000. The molecule has 0 unspecified atom stereocenters. The van der Waals surface area contributed by atoms with Crippen molar-refractivity contribution in [2.45, 2.75) is 36.6 Å². The van der Waals surface area contributed by atoms with Gasteiger partial charge in [-0.15, -0.1) is 23.1 Å². The summed E-state index contributed by atoms with van der Waals surface area (Å²) in [7, 11) is 0. The zero-order valence-electron chi connectivity index (χ0n) is 11.1. The predicted molar refractivity (Wildman–Crippen MR) is 80.1 cm³/mol. The Balaban J connectivity index is 1.81. The molecule has 3 rings (SSSR count). The van der Waals surface area contributed by atoms with Crippen LogP contribution in [0, 0.1) is 0 Å². The fourth-order valence-electron chi connectivity index (χ4n) is 2.26. The van der Waals surface area contributed by atoms with Gasteiger partial charge in [0.05, 0.1) is 5.69 Å². The van der Waals surface area contributed by atoms with Gasteiger partial charge in [0.1, 0.15) is 5.03 Å². The molecule has 6 heteroatoms. The van der Waals surface area contributed by atoms with Gasteiger partial charge in [-0.2, -0.15) is 0 Å². The van der Waals surface area contributed by atoms with Gasteiger partial charge in [0.2, 0.25) is 0 Å². The molecule has 0 spiro atoms. The maximum absolute atomic E-state index is 5.43. The van der Waals surface area contributed by atoms with Crippen LogP contribution in [-0.4, -0.2) is 34.4 Å². The lowest BCUT2D eigenvalue weighted by atomic mass is 10.2. The van der Waals surface area contributed by atoms with Crippen LogP contribution in [-0.2, 0) is 11.3 Å². The summed E-state index contributed by atoms with van der Waals surface area (Å²) >= 11 is 3.63. The molecule has 19 heavy (non-hydrogen) atoms. The molecule has 4 nitrogen and oxygen atoms in total. The van der Waals surface area contributed by atoms with Crippen molar-refractivity contribution in [3.63, 3.8) is 0 Å². The molecule has 1 aliphatic rings. The number of thioether (sulfide) groups is 1. The SMILES string of the molecule is CCNCc1c(SC2CCOCC2)nc2sccn12. The normalized spacial score (nSPS) is 17.3. The summed E-state index contributed by atoms with van der Waals surface area (Å²) in [6.07, 6.45) is 4.39. The minimum absolute atomic E-state index is 0.652. The third kappa shape index (κ3) is 2.97. The molecule has 1 fully saturated rings. The number of aromatic nitrogens is 2. The van der Waals surface area contributed by atoms with E-state index in [0.717, 1.165) is 44.1 Å². The molecule has 3 heterocycles. The Morgan fingerprint density at radius 1 is 1.53 bits per heavy atom. The Morgan fingerprint density at radius 2 is 2.37 bits per heavy atom. The molecule has 0 aromatic carbocycles. The second kappa shape index (κ2) is 6.26. The first-order chi connectivity index (χ1) is 9.38. The van der Waals surface area contributed by atoms with E-state index in [-0.39, 0.29) is 0 Å². The molecule has 1 saturated heterocycles. The van der Waals surface area contributed by atoms with E-state index in [0.29, 0.717) is 5.25 Å². The third-order valence-electron chi connectivity index (χ3n) is 3.31. The van der Waals surface area contributed by atoms with E-state index in [1.54, 1.807) is 11.3 Å². The van der Waals surface area contributed by atoms with Crippen molar-refractivity contribution in [3.05, 3.63) is 17.3 Å². The number of hydrogen-bond acceptors (Lipinski definition) is 5. The fraction of sp³-hybridized carbons (Fsp3) is 0.615. The highest BCUT2D eigenvalue weighted by Crippen LogP contribution is 2.33. The summed E-state index contributed by atoms with van der Waals surface area (Å²) in [5.74, 6) is 0. The van der Waals surface area contributed by atoms with E-state index in [9.17, 15) is 0 Å². The van der Waals surface area contributed by atoms with Crippen LogP contribution in [0.3, 0.4) is 0 Å². The van der Waals surface area contributed by atoms with Crippen molar-refractivity contribution in [1.82, 2.24) is 14.7 Å². The average Bonchev–Trinajstić information content (AvgIpc) is 2.99. The molecule has 0 aliphatic carbocycles. The number of nitrogens with one attached hydrogen (secondary N) is 1. The van der Waals surface area contributed by atoms with Gasteiger partial charge in [0.15, 0.2) is 4.96 Å².